The van der Waals surface area contributed by atoms with Crippen molar-refractivity contribution in [2.45, 2.75) is 26.3 Å². The summed E-state index contributed by atoms with van der Waals surface area (Å²) in [6.45, 7) is 2.94. The van der Waals surface area contributed by atoms with Crippen molar-refractivity contribution in [3.8, 4) is 0 Å². The Morgan fingerprint density at radius 2 is 2.06 bits per heavy atom. The third-order valence-corrected chi connectivity index (χ3v) is 2.94. The standard InChI is InChI=1S/C12H15N3S/c1-2-6-11-14-12(16-15-11)13-9-10-7-4-3-5-8-10/h3-5,7-8H,2,6,9H2,1H3,(H,13,14,15). The van der Waals surface area contributed by atoms with Crippen molar-refractivity contribution in [3.63, 3.8) is 0 Å². The highest BCUT2D eigenvalue weighted by Gasteiger charge is 2.02. The molecule has 0 amide bonds. The van der Waals surface area contributed by atoms with E-state index >= 15 is 0 Å². The number of nitrogens with zero attached hydrogens (tertiary/aromatic N) is 2. The molecular formula is C12H15N3S. The molecule has 1 heterocycles. The summed E-state index contributed by atoms with van der Waals surface area (Å²) >= 11 is 1.44. The van der Waals surface area contributed by atoms with Gasteiger partial charge in [0.25, 0.3) is 0 Å². The van der Waals surface area contributed by atoms with E-state index in [2.05, 4.69) is 33.7 Å². The zero-order valence-electron chi connectivity index (χ0n) is 9.31. The number of benzene rings is 1. The van der Waals surface area contributed by atoms with Crippen LogP contribution in [0.3, 0.4) is 0 Å². The predicted molar refractivity (Wildman–Crippen MR) is 67.7 cm³/mol. The van der Waals surface area contributed by atoms with E-state index in [1.807, 2.05) is 18.2 Å². The van der Waals surface area contributed by atoms with Crippen LogP contribution in [-0.2, 0) is 13.0 Å². The summed E-state index contributed by atoms with van der Waals surface area (Å²) in [6, 6.07) is 10.3. The molecule has 2 rings (SSSR count). The molecule has 1 aromatic carbocycles. The lowest BCUT2D eigenvalue weighted by atomic mass is 10.2. The maximum atomic E-state index is 4.41. The lowest BCUT2D eigenvalue weighted by molar-refractivity contribution is 0.861. The second kappa shape index (κ2) is 5.61. The number of hydrogen-bond donors (Lipinski definition) is 1. The lowest BCUT2D eigenvalue weighted by Gasteiger charge is -2.01. The van der Waals surface area contributed by atoms with Crippen LogP contribution in [0.5, 0.6) is 0 Å². The van der Waals surface area contributed by atoms with Gasteiger partial charge in [0.1, 0.15) is 5.82 Å². The summed E-state index contributed by atoms with van der Waals surface area (Å²) in [5, 5.41) is 4.19. The number of rotatable bonds is 5. The van der Waals surface area contributed by atoms with E-state index in [1.165, 1.54) is 17.1 Å². The Kier molecular flexibility index (Phi) is 3.88. The molecule has 0 bridgehead atoms. The summed E-state index contributed by atoms with van der Waals surface area (Å²) in [5.41, 5.74) is 1.26. The quantitative estimate of drug-likeness (QED) is 0.862. The van der Waals surface area contributed by atoms with E-state index in [4.69, 9.17) is 0 Å². The summed E-state index contributed by atoms with van der Waals surface area (Å²) in [4.78, 5) is 4.41. The molecule has 0 atom stereocenters. The zero-order valence-corrected chi connectivity index (χ0v) is 10.1. The first-order valence-corrected chi connectivity index (χ1v) is 6.26. The molecular weight excluding hydrogens is 218 g/mol. The molecule has 0 aliphatic carbocycles. The Morgan fingerprint density at radius 1 is 1.25 bits per heavy atom. The van der Waals surface area contributed by atoms with Gasteiger partial charge < -0.3 is 5.32 Å². The summed E-state index contributed by atoms with van der Waals surface area (Å²) < 4.78 is 4.29. The fourth-order valence-electron chi connectivity index (χ4n) is 1.42. The normalized spacial score (nSPS) is 10.3. The molecule has 1 aromatic heterocycles. The van der Waals surface area contributed by atoms with Crippen molar-refractivity contribution in [1.29, 1.82) is 0 Å². The molecule has 16 heavy (non-hydrogen) atoms. The summed E-state index contributed by atoms with van der Waals surface area (Å²) in [6.07, 6.45) is 2.05. The average molecular weight is 233 g/mol. The minimum Gasteiger partial charge on any atom is -0.356 e. The van der Waals surface area contributed by atoms with Gasteiger partial charge in [0.2, 0.25) is 5.13 Å². The molecule has 84 valence electrons. The van der Waals surface area contributed by atoms with Gasteiger partial charge in [0, 0.05) is 24.5 Å². The van der Waals surface area contributed by atoms with Gasteiger partial charge >= 0.3 is 0 Å². The van der Waals surface area contributed by atoms with Gasteiger partial charge in [0.05, 0.1) is 0 Å². The molecule has 4 heteroatoms. The number of hydrogen-bond acceptors (Lipinski definition) is 4. The Balaban J connectivity index is 1.89. The van der Waals surface area contributed by atoms with Crippen molar-refractivity contribution in [2.75, 3.05) is 5.32 Å². The molecule has 1 N–H and O–H groups in total. The van der Waals surface area contributed by atoms with Crippen LogP contribution in [0.1, 0.15) is 24.7 Å². The zero-order chi connectivity index (χ0) is 11.2. The van der Waals surface area contributed by atoms with Crippen LogP contribution in [0.4, 0.5) is 5.13 Å². The van der Waals surface area contributed by atoms with E-state index in [1.54, 1.807) is 0 Å². The van der Waals surface area contributed by atoms with Gasteiger partial charge in [-0.1, -0.05) is 37.3 Å². The number of aromatic nitrogens is 2. The Hall–Kier alpha value is -1.42. The Morgan fingerprint density at radius 3 is 2.81 bits per heavy atom. The van der Waals surface area contributed by atoms with Crippen LogP contribution in [0.15, 0.2) is 30.3 Å². The van der Waals surface area contributed by atoms with Gasteiger partial charge in [0.15, 0.2) is 0 Å². The van der Waals surface area contributed by atoms with Gasteiger partial charge in [-0.3, -0.25) is 0 Å². The van der Waals surface area contributed by atoms with Crippen LogP contribution in [0, 0.1) is 0 Å². The van der Waals surface area contributed by atoms with Crippen molar-refractivity contribution >= 4 is 16.7 Å². The van der Waals surface area contributed by atoms with Crippen molar-refractivity contribution < 1.29 is 0 Å². The van der Waals surface area contributed by atoms with Crippen LogP contribution in [-0.4, -0.2) is 9.36 Å². The van der Waals surface area contributed by atoms with E-state index in [-0.39, 0.29) is 0 Å². The fourth-order valence-corrected chi connectivity index (χ4v) is 2.03. The molecule has 0 aliphatic heterocycles. The topological polar surface area (TPSA) is 37.8 Å². The fraction of sp³-hybridized carbons (Fsp3) is 0.333. The van der Waals surface area contributed by atoms with Gasteiger partial charge in [-0.2, -0.15) is 4.37 Å². The SMILES string of the molecule is CCCc1nsc(NCc2ccccc2)n1. The van der Waals surface area contributed by atoms with Crippen LogP contribution in [0.2, 0.25) is 0 Å². The maximum Gasteiger partial charge on any atom is 0.202 e. The molecule has 0 radical (unpaired) electrons. The molecule has 0 unspecified atom stereocenters. The minimum atomic E-state index is 0.807. The predicted octanol–water partition coefficient (Wildman–Crippen LogP) is 3.10. The second-order valence-electron chi connectivity index (χ2n) is 3.60. The highest BCUT2D eigenvalue weighted by molar-refractivity contribution is 7.09. The highest BCUT2D eigenvalue weighted by atomic mass is 32.1. The molecule has 2 aromatic rings. The molecule has 0 aliphatic rings. The highest BCUT2D eigenvalue weighted by Crippen LogP contribution is 2.13. The van der Waals surface area contributed by atoms with Gasteiger partial charge in [-0.25, -0.2) is 4.98 Å². The van der Waals surface area contributed by atoms with E-state index in [0.717, 1.165) is 30.3 Å². The van der Waals surface area contributed by atoms with Crippen molar-refractivity contribution in [3.05, 3.63) is 41.7 Å². The second-order valence-corrected chi connectivity index (χ2v) is 4.36. The number of anilines is 1. The average Bonchev–Trinajstić information content (AvgIpc) is 2.76. The molecule has 0 saturated carbocycles. The van der Waals surface area contributed by atoms with Crippen LogP contribution >= 0.6 is 11.5 Å². The largest absolute Gasteiger partial charge is 0.356 e. The minimum absolute atomic E-state index is 0.807. The van der Waals surface area contributed by atoms with E-state index in [0.29, 0.717) is 0 Å². The van der Waals surface area contributed by atoms with Crippen molar-refractivity contribution in [2.24, 2.45) is 0 Å². The monoisotopic (exact) mass is 233 g/mol. The Bertz CT molecular complexity index is 425. The lowest BCUT2D eigenvalue weighted by Crippen LogP contribution is -1.98. The molecule has 0 fully saturated rings. The first-order chi connectivity index (χ1) is 7.88. The summed E-state index contributed by atoms with van der Waals surface area (Å²) in [7, 11) is 0. The van der Waals surface area contributed by atoms with Crippen molar-refractivity contribution in [1.82, 2.24) is 9.36 Å². The van der Waals surface area contributed by atoms with E-state index in [9.17, 15) is 0 Å². The number of nitrogens with one attached hydrogen (secondary N) is 1. The third kappa shape index (κ3) is 3.03. The van der Waals surface area contributed by atoms with E-state index < -0.39 is 0 Å². The first kappa shape index (κ1) is 11.1. The summed E-state index contributed by atoms with van der Waals surface area (Å²) in [5.74, 6) is 0.947. The maximum absolute atomic E-state index is 4.41. The molecule has 0 saturated heterocycles. The van der Waals surface area contributed by atoms with Crippen LogP contribution in [0.25, 0.3) is 0 Å². The van der Waals surface area contributed by atoms with Gasteiger partial charge in [-0.15, -0.1) is 0 Å². The molecule has 3 nitrogen and oxygen atoms in total. The Labute approximate surface area is 99.7 Å². The molecule has 0 spiro atoms. The smallest absolute Gasteiger partial charge is 0.202 e. The number of aryl methyl sites for hydroxylation is 1. The first-order valence-electron chi connectivity index (χ1n) is 5.49. The third-order valence-electron chi connectivity index (χ3n) is 2.23. The van der Waals surface area contributed by atoms with Gasteiger partial charge in [-0.05, 0) is 12.0 Å². The van der Waals surface area contributed by atoms with Crippen LogP contribution < -0.4 is 5.32 Å².